The number of hydrogen-bond acceptors (Lipinski definition) is 7. The molecule has 10 heteroatoms. The molecule has 0 atom stereocenters. The molecule has 2 aromatic heterocycles. The molecule has 1 fully saturated rings. The molecule has 0 spiro atoms. The van der Waals surface area contributed by atoms with E-state index in [0.717, 1.165) is 5.69 Å². The van der Waals surface area contributed by atoms with Crippen molar-refractivity contribution in [2.75, 3.05) is 38.2 Å². The van der Waals surface area contributed by atoms with E-state index in [4.69, 9.17) is 4.74 Å². The Bertz CT molecular complexity index is 1380. The molecular formula is C26H25FN6O3. The number of methoxy groups -OCH3 is 1. The van der Waals surface area contributed by atoms with E-state index in [0.29, 0.717) is 48.7 Å². The second-order valence-corrected chi connectivity index (χ2v) is 8.34. The molecule has 0 bridgehead atoms. The lowest BCUT2D eigenvalue weighted by Crippen LogP contribution is -2.49. The van der Waals surface area contributed by atoms with Crippen LogP contribution in [0.2, 0.25) is 0 Å². The highest BCUT2D eigenvalue weighted by Crippen LogP contribution is 2.28. The van der Waals surface area contributed by atoms with Crippen LogP contribution >= 0.6 is 0 Å². The van der Waals surface area contributed by atoms with Gasteiger partial charge in [0.15, 0.2) is 0 Å². The van der Waals surface area contributed by atoms with Crippen LogP contribution in [-0.4, -0.2) is 69.0 Å². The summed E-state index contributed by atoms with van der Waals surface area (Å²) in [5, 5.41) is 14.5. The number of rotatable bonds is 6. The van der Waals surface area contributed by atoms with E-state index >= 15 is 0 Å². The van der Waals surface area contributed by atoms with Crippen LogP contribution in [0.5, 0.6) is 5.75 Å². The summed E-state index contributed by atoms with van der Waals surface area (Å²) in [4.78, 5) is 26.0. The zero-order valence-electron chi connectivity index (χ0n) is 19.7. The minimum Gasteiger partial charge on any atom is -0.506 e. The number of ether oxygens (including phenoxy) is 1. The van der Waals surface area contributed by atoms with E-state index < -0.39 is 5.82 Å². The number of carbonyl (C=O) groups excluding carboxylic acids is 1. The first-order valence-electron chi connectivity index (χ1n) is 11.5. The number of phenols is 1. The zero-order valence-corrected chi connectivity index (χ0v) is 19.7. The SMILES string of the molecule is COCc1c(C(=O)N2CCN(c3ccccc3O)CC2)cnn1-c1nccc(-c2ccccc2F)n1. The highest BCUT2D eigenvalue weighted by molar-refractivity contribution is 5.95. The Morgan fingerprint density at radius 2 is 1.81 bits per heavy atom. The topological polar surface area (TPSA) is 96.6 Å². The maximum atomic E-state index is 14.3. The maximum Gasteiger partial charge on any atom is 0.257 e. The normalized spacial score (nSPS) is 13.7. The van der Waals surface area contributed by atoms with Gasteiger partial charge in [-0.15, -0.1) is 0 Å². The number of benzene rings is 2. The first-order chi connectivity index (χ1) is 17.6. The first-order valence-corrected chi connectivity index (χ1v) is 11.5. The highest BCUT2D eigenvalue weighted by Gasteiger charge is 2.28. The first kappa shape index (κ1) is 23.4. The van der Waals surface area contributed by atoms with Crippen molar-refractivity contribution in [3.05, 3.63) is 84.1 Å². The number of carbonyl (C=O) groups is 1. The van der Waals surface area contributed by atoms with Crippen molar-refractivity contribution in [1.29, 1.82) is 0 Å². The van der Waals surface area contributed by atoms with Gasteiger partial charge >= 0.3 is 0 Å². The van der Waals surface area contributed by atoms with Gasteiger partial charge in [0.05, 0.1) is 35.4 Å². The Labute approximate surface area is 207 Å². The fourth-order valence-electron chi connectivity index (χ4n) is 4.32. The predicted octanol–water partition coefficient (Wildman–Crippen LogP) is 3.28. The van der Waals surface area contributed by atoms with Crippen molar-refractivity contribution in [3.63, 3.8) is 0 Å². The molecule has 1 saturated heterocycles. The van der Waals surface area contributed by atoms with Crippen molar-refractivity contribution in [3.8, 4) is 23.0 Å². The summed E-state index contributed by atoms with van der Waals surface area (Å²) in [6.45, 7) is 2.27. The van der Waals surface area contributed by atoms with Crippen molar-refractivity contribution in [2.45, 2.75) is 6.61 Å². The minimum atomic E-state index is -0.390. The standard InChI is InChI=1S/C26H25FN6O3/c1-36-17-23-19(25(35)32-14-12-31(13-15-32)22-8-4-5-9-24(22)34)16-29-33(23)26-28-11-10-21(30-26)18-6-2-3-7-20(18)27/h2-11,16,34H,12-15,17H2,1H3. The number of aromatic hydroxyl groups is 1. The van der Waals surface area contributed by atoms with Crippen LogP contribution < -0.4 is 4.90 Å². The Morgan fingerprint density at radius 1 is 1.06 bits per heavy atom. The molecule has 0 aliphatic carbocycles. The molecule has 3 heterocycles. The van der Waals surface area contributed by atoms with Crippen molar-refractivity contribution >= 4 is 11.6 Å². The number of halogens is 1. The Hall–Kier alpha value is -4.31. The van der Waals surface area contributed by atoms with Crippen LogP contribution in [0.1, 0.15) is 16.1 Å². The highest BCUT2D eigenvalue weighted by atomic mass is 19.1. The molecule has 5 rings (SSSR count). The largest absolute Gasteiger partial charge is 0.506 e. The van der Waals surface area contributed by atoms with Gasteiger partial charge < -0.3 is 19.6 Å². The van der Waals surface area contributed by atoms with Gasteiger partial charge in [0.1, 0.15) is 11.6 Å². The van der Waals surface area contributed by atoms with E-state index in [-0.39, 0.29) is 24.2 Å². The van der Waals surface area contributed by atoms with E-state index in [1.807, 2.05) is 12.1 Å². The van der Waals surface area contributed by atoms with E-state index in [1.165, 1.54) is 30.3 Å². The Kier molecular flexibility index (Phi) is 6.59. The maximum absolute atomic E-state index is 14.3. The van der Waals surface area contributed by atoms with Gasteiger partial charge in [-0.2, -0.15) is 9.78 Å². The van der Waals surface area contributed by atoms with Gasteiger partial charge in [0.25, 0.3) is 11.9 Å². The van der Waals surface area contributed by atoms with Crippen molar-refractivity contribution < 1.29 is 19.0 Å². The van der Waals surface area contributed by atoms with E-state index in [2.05, 4.69) is 20.0 Å². The number of anilines is 1. The summed E-state index contributed by atoms with van der Waals surface area (Å²) in [6.07, 6.45) is 3.02. The number of aromatic nitrogens is 4. The van der Waals surface area contributed by atoms with E-state index in [1.54, 1.807) is 41.3 Å². The van der Waals surface area contributed by atoms with Crippen LogP contribution in [0.25, 0.3) is 17.2 Å². The van der Waals surface area contributed by atoms with Gasteiger partial charge in [-0.05, 0) is 30.3 Å². The fraction of sp³-hybridized carbons (Fsp3) is 0.231. The smallest absolute Gasteiger partial charge is 0.257 e. The van der Waals surface area contributed by atoms with Crippen LogP contribution in [-0.2, 0) is 11.3 Å². The zero-order chi connectivity index (χ0) is 25.1. The van der Waals surface area contributed by atoms with Gasteiger partial charge in [-0.1, -0.05) is 24.3 Å². The van der Waals surface area contributed by atoms with Crippen molar-refractivity contribution in [1.82, 2.24) is 24.6 Å². The molecule has 0 radical (unpaired) electrons. The molecule has 4 aromatic rings. The molecule has 184 valence electrons. The number of phenolic OH excluding ortho intramolecular Hbond substituents is 1. The lowest BCUT2D eigenvalue weighted by molar-refractivity contribution is 0.0741. The van der Waals surface area contributed by atoms with Gasteiger partial charge in [-0.25, -0.2) is 14.4 Å². The Balaban J connectivity index is 1.39. The Morgan fingerprint density at radius 3 is 2.56 bits per heavy atom. The molecule has 1 aliphatic heterocycles. The van der Waals surface area contributed by atoms with Gasteiger partial charge in [0.2, 0.25) is 0 Å². The number of piperazine rings is 1. The monoisotopic (exact) mass is 488 g/mol. The van der Waals surface area contributed by atoms with Gasteiger partial charge in [0, 0.05) is 45.0 Å². The molecule has 0 unspecified atom stereocenters. The number of hydrogen-bond donors (Lipinski definition) is 1. The molecule has 36 heavy (non-hydrogen) atoms. The van der Waals surface area contributed by atoms with Gasteiger partial charge in [-0.3, -0.25) is 4.79 Å². The summed E-state index contributed by atoms with van der Waals surface area (Å²) in [5.74, 6) is -0.126. The lowest BCUT2D eigenvalue weighted by Gasteiger charge is -2.36. The molecule has 1 amide bonds. The number of amides is 1. The molecule has 1 aliphatic rings. The molecule has 0 saturated carbocycles. The summed E-state index contributed by atoms with van der Waals surface area (Å²) in [5.41, 5.74) is 2.42. The summed E-state index contributed by atoms with van der Waals surface area (Å²) < 4.78 is 21.1. The predicted molar refractivity (Wildman–Crippen MR) is 131 cm³/mol. The average molecular weight is 489 g/mol. The third-order valence-corrected chi connectivity index (χ3v) is 6.15. The van der Waals surface area contributed by atoms with Crippen LogP contribution in [0.15, 0.2) is 67.0 Å². The molecule has 2 aromatic carbocycles. The molecule has 1 N–H and O–H groups in total. The molecular weight excluding hydrogens is 463 g/mol. The lowest BCUT2D eigenvalue weighted by atomic mass is 10.1. The van der Waals surface area contributed by atoms with Crippen LogP contribution in [0.3, 0.4) is 0 Å². The van der Waals surface area contributed by atoms with Crippen LogP contribution in [0, 0.1) is 5.82 Å². The third kappa shape index (κ3) is 4.50. The summed E-state index contributed by atoms with van der Waals surface area (Å²) in [7, 11) is 1.54. The quantitative estimate of drug-likeness (QED) is 0.445. The van der Waals surface area contributed by atoms with Crippen LogP contribution in [0.4, 0.5) is 10.1 Å². The second-order valence-electron chi connectivity index (χ2n) is 8.34. The third-order valence-electron chi connectivity index (χ3n) is 6.15. The summed E-state index contributed by atoms with van der Waals surface area (Å²) >= 11 is 0. The number of para-hydroxylation sites is 2. The average Bonchev–Trinajstić information content (AvgIpc) is 3.33. The van der Waals surface area contributed by atoms with E-state index in [9.17, 15) is 14.3 Å². The second kappa shape index (κ2) is 10.1. The fourth-order valence-corrected chi connectivity index (χ4v) is 4.32. The summed E-state index contributed by atoms with van der Waals surface area (Å²) in [6, 6.07) is 15.2. The minimum absolute atomic E-state index is 0.117. The van der Waals surface area contributed by atoms with Crippen molar-refractivity contribution in [2.24, 2.45) is 0 Å². The number of nitrogens with zero attached hydrogens (tertiary/aromatic N) is 6. The molecule has 9 nitrogen and oxygen atoms in total.